The van der Waals surface area contributed by atoms with Crippen molar-refractivity contribution in [2.24, 2.45) is 5.92 Å². The molecule has 2 heteroatoms. The monoisotopic (exact) mass is 194 g/mol. The fourth-order valence-corrected chi connectivity index (χ4v) is 2.06. The van der Waals surface area contributed by atoms with Crippen LogP contribution in [-0.2, 0) is 0 Å². The number of rotatable bonds is 3. The Balaban J connectivity index is 2.50. The summed E-state index contributed by atoms with van der Waals surface area (Å²) in [5, 5.41) is 12.7. The summed E-state index contributed by atoms with van der Waals surface area (Å²) in [6.45, 7) is 5.34. The second-order valence-electron chi connectivity index (χ2n) is 4.88. The normalized spacial score (nSPS) is 21.6. The van der Waals surface area contributed by atoms with Gasteiger partial charge in [0.1, 0.15) is 5.54 Å². The maximum absolute atomic E-state index is 9.27. The van der Waals surface area contributed by atoms with E-state index in [1.165, 1.54) is 25.7 Å². The molecule has 1 aliphatic carbocycles. The second kappa shape index (κ2) is 5.36. The molecule has 80 valence electrons. The fourth-order valence-electron chi connectivity index (χ4n) is 2.06. The van der Waals surface area contributed by atoms with Gasteiger partial charge in [0, 0.05) is 0 Å². The lowest BCUT2D eigenvalue weighted by Crippen LogP contribution is -2.45. The first-order chi connectivity index (χ1) is 6.68. The average molecular weight is 194 g/mol. The molecule has 0 radical (unpaired) electrons. The summed E-state index contributed by atoms with van der Waals surface area (Å²) in [7, 11) is 0. The maximum atomic E-state index is 9.27. The highest BCUT2D eigenvalue weighted by Gasteiger charge is 2.29. The van der Waals surface area contributed by atoms with Crippen LogP contribution in [0, 0.1) is 17.2 Å². The van der Waals surface area contributed by atoms with Gasteiger partial charge in [0.2, 0.25) is 0 Å². The molecule has 2 nitrogen and oxygen atoms in total. The third kappa shape index (κ3) is 3.31. The van der Waals surface area contributed by atoms with Gasteiger partial charge in [0.15, 0.2) is 0 Å². The zero-order valence-corrected chi connectivity index (χ0v) is 9.47. The van der Waals surface area contributed by atoms with Crippen LogP contribution in [0.4, 0.5) is 0 Å². The van der Waals surface area contributed by atoms with E-state index >= 15 is 0 Å². The Hall–Kier alpha value is -0.550. The Kier molecular flexibility index (Phi) is 4.41. The highest BCUT2D eigenvalue weighted by atomic mass is 15.0. The van der Waals surface area contributed by atoms with E-state index in [0.717, 1.165) is 19.4 Å². The Morgan fingerprint density at radius 1 is 1.21 bits per heavy atom. The summed E-state index contributed by atoms with van der Waals surface area (Å²) in [5.74, 6) is 0.628. The molecule has 0 amide bonds. The fraction of sp³-hybridized carbons (Fsp3) is 0.917. The number of nitrogens with zero attached hydrogens (tertiary/aromatic N) is 1. The van der Waals surface area contributed by atoms with Crippen molar-refractivity contribution in [2.75, 3.05) is 6.54 Å². The minimum atomic E-state index is -0.208. The highest BCUT2D eigenvalue weighted by Crippen LogP contribution is 2.26. The zero-order valence-electron chi connectivity index (χ0n) is 9.47. The number of nitriles is 1. The van der Waals surface area contributed by atoms with E-state index in [-0.39, 0.29) is 5.54 Å². The van der Waals surface area contributed by atoms with Gasteiger partial charge < -0.3 is 0 Å². The molecule has 0 aromatic carbocycles. The summed E-state index contributed by atoms with van der Waals surface area (Å²) in [5.41, 5.74) is -0.208. The molecule has 1 saturated carbocycles. The van der Waals surface area contributed by atoms with Crippen molar-refractivity contribution in [3.8, 4) is 6.07 Å². The van der Waals surface area contributed by atoms with Crippen LogP contribution in [0.1, 0.15) is 52.4 Å². The van der Waals surface area contributed by atoms with E-state index < -0.39 is 0 Å². The Bertz CT molecular complexity index is 195. The SMILES string of the molecule is CC(C)CNC1(C#N)CCCCCC1. The van der Waals surface area contributed by atoms with E-state index in [4.69, 9.17) is 0 Å². The van der Waals surface area contributed by atoms with Gasteiger partial charge in [-0.1, -0.05) is 39.5 Å². The van der Waals surface area contributed by atoms with E-state index in [1.54, 1.807) is 0 Å². The lowest BCUT2D eigenvalue weighted by Gasteiger charge is -2.27. The van der Waals surface area contributed by atoms with Crippen LogP contribution in [0.5, 0.6) is 0 Å². The van der Waals surface area contributed by atoms with Crippen molar-refractivity contribution in [3.05, 3.63) is 0 Å². The zero-order chi connectivity index (χ0) is 10.4. The minimum absolute atomic E-state index is 0.208. The lowest BCUT2D eigenvalue weighted by atomic mass is 9.91. The van der Waals surface area contributed by atoms with Crippen molar-refractivity contribution in [3.63, 3.8) is 0 Å². The minimum Gasteiger partial charge on any atom is -0.299 e. The third-order valence-electron chi connectivity index (χ3n) is 3.02. The van der Waals surface area contributed by atoms with Crippen molar-refractivity contribution < 1.29 is 0 Å². The third-order valence-corrected chi connectivity index (χ3v) is 3.02. The van der Waals surface area contributed by atoms with Crippen molar-refractivity contribution in [2.45, 2.75) is 57.9 Å². The van der Waals surface area contributed by atoms with Crippen LogP contribution in [0.3, 0.4) is 0 Å². The van der Waals surface area contributed by atoms with Crippen LogP contribution < -0.4 is 5.32 Å². The van der Waals surface area contributed by atoms with Gasteiger partial charge in [-0.05, 0) is 25.3 Å². The van der Waals surface area contributed by atoms with Gasteiger partial charge >= 0.3 is 0 Å². The average Bonchev–Trinajstić information content (AvgIpc) is 2.41. The first kappa shape index (κ1) is 11.5. The molecule has 0 aromatic rings. The van der Waals surface area contributed by atoms with Crippen LogP contribution in [0.25, 0.3) is 0 Å². The van der Waals surface area contributed by atoms with Crippen LogP contribution in [-0.4, -0.2) is 12.1 Å². The maximum Gasteiger partial charge on any atom is 0.106 e. The topological polar surface area (TPSA) is 35.8 Å². The van der Waals surface area contributed by atoms with Gasteiger partial charge in [0.25, 0.3) is 0 Å². The predicted octanol–water partition coefficient (Wildman–Crippen LogP) is 2.85. The number of hydrogen-bond acceptors (Lipinski definition) is 2. The summed E-state index contributed by atoms with van der Waals surface area (Å²) in [4.78, 5) is 0. The molecule has 0 bridgehead atoms. The molecule has 0 aromatic heterocycles. The molecule has 1 rings (SSSR count). The molecule has 0 aliphatic heterocycles. The molecule has 14 heavy (non-hydrogen) atoms. The molecule has 1 aliphatic rings. The first-order valence-electron chi connectivity index (χ1n) is 5.85. The molecule has 1 fully saturated rings. The summed E-state index contributed by atoms with van der Waals surface area (Å²) < 4.78 is 0. The molecular weight excluding hydrogens is 172 g/mol. The van der Waals surface area contributed by atoms with E-state index in [0.29, 0.717) is 5.92 Å². The standard InChI is InChI=1S/C12H22N2/c1-11(2)9-14-12(10-13)7-5-3-4-6-8-12/h11,14H,3-9H2,1-2H3. The van der Waals surface area contributed by atoms with Gasteiger partial charge in [-0.15, -0.1) is 0 Å². The van der Waals surface area contributed by atoms with Crippen molar-refractivity contribution in [1.82, 2.24) is 5.32 Å². The van der Waals surface area contributed by atoms with Crippen molar-refractivity contribution in [1.29, 1.82) is 5.26 Å². The molecule has 0 saturated heterocycles. The van der Waals surface area contributed by atoms with Crippen LogP contribution in [0.15, 0.2) is 0 Å². The Morgan fingerprint density at radius 3 is 2.21 bits per heavy atom. The second-order valence-corrected chi connectivity index (χ2v) is 4.88. The molecule has 1 N–H and O–H groups in total. The van der Waals surface area contributed by atoms with Gasteiger partial charge in [0.05, 0.1) is 6.07 Å². The summed E-state index contributed by atoms with van der Waals surface area (Å²) >= 11 is 0. The summed E-state index contributed by atoms with van der Waals surface area (Å²) in [6.07, 6.45) is 7.09. The molecule has 0 spiro atoms. The smallest absolute Gasteiger partial charge is 0.106 e. The first-order valence-corrected chi connectivity index (χ1v) is 5.85. The summed E-state index contributed by atoms with van der Waals surface area (Å²) in [6, 6.07) is 2.50. The largest absolute Gasteiger partial charge is 0.299 e. The van der Waals surface area contributed by atoms with E-state index in [1.807, 2.05) is 0 Å². The van der Waals surface area contributed by atoms with Gasteiger partial charge in [-0.3, -0.25) is 5.32 Å². The molecular formula is C12H22N2. The van der Waals surface area contributed by atoms with Crippen LogP contribution >= 0.6 is 0 Å². The highest BCUT2D eigenvalue weighted by molar-refractivity contribution is 5.07. The Labute approximate surface area is 87.7 Å². The number of nitrogens with one attached hydrogen (secondary N) is 1. The molecule has 0 atom stereocenters. The van der Waals surface area contributed by atoms with E-state index in [9.17, 15) is 5.26 Å². The van der Waals surface area contributed by atoms with Gasteiger partial charge in [-0.25, -0.2) is 0 Å². The van der Waals surface area contributed by atoms with Gasteiger partial charge in [-0.2, -0.15) is 5.26 Å². The molecule has 0 heterocycles. The van der Waals surface area contributed by atoms with Crippen molar-refractivity contribution >= 4 is 0 Å². The van der Waals surface area contributed by atoms with Crippen LogP contribution in [0.2, 0.25) is 0 Å². The number of hydrogen-bond donors (Lipinski definition) is 1. The van der Waals surface area contributed by atoms with E-state index in [2.05, 4.69) is 25.2 Å². The Morgan fingerprint density at radius 2 is 1.79 bits per heavy atom. The lowest BCUT2D eigenvalue weighted by molar-refractivity contribution is 0.346. The quantitative estimate of drug-likeness (QED) is 0.701. The predicted molar refractivity (Wildman–Crippen MR) is 58.9 cm³/mol. The molecule has 0 unspecified atom stereocenters.